The van der Waals surface area contributed by atoms with Gasteiger partial charge in [-0.2, -0.15) is 0 Å². The number of aromatic nitrogens is 2. The van der Waals surface area contributed by atoms with Crippen LogP contribution in [0.4, 0.5) is 0 Å². The summed E-state index contributed by atoms with van der Waals surface area (Å²) in [5, 5.41) is 7.88. The predicted molar refractivity (Wildman–Crippen MR) is 94.0 cm³/mol. The van der Waals surface area contributed by atoms with E-state index in [1.807, 2.05) is 42.5 Å². The fourth-order valence-corrected chi connectivity index (χ4v) is 2.33. The maximum Gasteiger partial charge on any atom is 0.338 e. The van der Waals surface area contributed by atoms with Gasteiger partial charge in [0.25, 0.3) is 5.89 Å². The van der Waals surface area contributed by atoms with E-state index in [9.17, 15) is 4.79 Å². The van der Waals surface area contributed by atoms with Crippen molar-refractivity contribution < 1.29 is 13.9 Å². The van der Waals surface area contributed by atoms with Crippen molar-refractivity contribution in [1.29, 1.82) is 0 Å². The van der Waals surface area contributed by atoms with E-state index < -0.39 is 5.97 Å². The third kappa shape index (κ3) is 4.12. The second-order valence-electron chi connectivity index (χ2n) is 6.77. The minimum Gasteiger partial charge on any atom is -0.452 e. The number of nitrogens with zero attached hydrogens (tertiary/aromatic N) is 2. The lowest BCUT2D eigenvalue weighted by molar-refractivity contribution is 0.0438. The average Bonchev–Trinajstić information content (AvgIpc) is 3.09. The number of benzene rings is 2. The van der Waals surface area contributed by atoms with Crippen LogP contribution in [0.15, 0.2) is 59.0 Å². The van der Waals surface area contributed by atoms with Gasteiger partial charge in [0.2, 0.25) is 5.89 Å². The number of hydrogen-bond acceptors (Lipinski definition) is 5. The number of rotatable bonds is 4. The van der Waals surface area contributed by atoms with E-state index in [0.717, 1.165) is 11.1 Å². The molecule has 0 fully saturated rings. The van der Waals surface area contributed by atoms with Crippen molar-refractivity contribution in [2.45, 2.75) is 32.8 Å². The van der Waals surface area contributed by atoms with Crippen molar-refractivity contribution >= 4 is 5.97 Å². The average molecular weight is 336 g/mol. The van der Waals surface area contributed by atoms with Crippen LogP contribution in [0.25, 0.3) is 11.5 Å². The molecule has 2 aromatic carbocycles. The summed E-state index contributed by atoms with van der Waals surface area (Å²) in [6.07, 6.45) is 0. The van der Waals surface area contributed by atoms with E-state index >= 15 is 0 Å². The molecule has 0 N–H and O–H groups in total. The lowest BCUT2D eigenvalue weighted by Gasteiger charge is -2.18. The highest BCUT2D eigenvalue weighted by Gasteiger charge is 2.16. The quantitative estimate of drug-likeness (QED) is 0.661. The van der Waals surface area contributed by atoms with Gasteiger partial charge in [-0.3, -0.25) is 0 Å². The second kappa shape index (κ2) is 6.89. The molecular formula is C20H20N2O3. The molecule has 0 atom stereocenters. The summed E-state index contributed by atoms with van der Waals surface area (Å²) in [7, 11) is 0. The van der Waals surface area contributed by atoms with Crippen LogP contribution in [-0.2, 0) is 16.8 Å². The Morgan fingerprint density at radius 2 is 1.68 bits per heavy atom. The van der Waals surface area contributed by atoms with Gasteiger partial charge in [-0.1, -0.05) is 51.1 Å². The van der Waals surface area contributed by atoms with Gasteiger partial charge >= 0.3 is 5.97 Å². The third-order valence-corrected chi connectivity index (χ3v) is 3.80. The molecule has 0 spiro atoms. The molecule has 3 aromatic rings. The fourth-order valence-electron chi connectivity index (χ4n) is 2.33. The van der Waals surface area contributed by atoms with Crippen LogP contribution < -0.4 is 0 Å². The molecule has 0 aliphatic carbocycles. The van der Waals surface area contributed by atoms with Crippen molar-refractivity contribution in [3.63, 3.8) is 0 Å². The monoisotopic (exact) mass is 336 g/mol. The first-order valence-electron chi connectivity index (χ1n) is 8.09. The zero-order valence-corrected chi connectivity index (χ0v) is 14.5. The summed E-state index contributed by atoms with van der Waals surface area (Å²) in [6, 6.07) is 16.9. The predicted octanol–water partition coefficient (Wildman–Crippen LogP) is 4.39. The van der Waals surface area contributed by atoms with Gasteiger partial charge < -0.3 is 9.15 Å². The zero-order chi connectivity index (χ0) is 17.9. The highest BCUT2D eigenvalue weighted by atomic mass is 16.5. The van der Waals surface area contributed by atoms with E-state index in [-0.39, 0.29) is 17.9 Å². The molecular weight excluding hydrogens is 316 g/mol. The summed E-state index contributed by atoms with van der Waals surface area (Å²) in [5.74, 6) is 0.250. The molecule has 0 saturated carbocycles. The Balaban J connectivity index is 1.62. The van der Waals surface area contributed by atoms with Gasteiger partial charge in [-0.25, -0.2) is 4.79 Å². The lowest BCUT2D eigenvalue weighted by Crippen LogP contribution is -2.12. The van der Waals surface area contributed by atoms with Crippen molar-refractivity contribution in [2.75, 3.05) is 0 Å². The van der Waals surface area contributed by atoms with Crippen LogP contribution in [-0.4, -0.2) is 16.2 Å². The molecule has 0 amide bonds. The molecule has 1 heterocycles. The van der Waals surface area contributed by atoms with Crippen LogP contribution in [0.5, 0.6) is 0 Å². The maximum atomic E-state index is 12.1. The number of hydrogen-bond donors (Lipinski definition) is 0. The van der Waals surface area contributed by atoms with Gasteiger partial charge in [0.15, 0.2) is 6.61 Å². The molecule has 0 bridgehead atoms. The fraction of sp³-hybridized carbons (Fsp3) is 0.250. The first-order valence-corrected chi connectivity index (χ1v) is 8.09. The normalized spacial score (nSPS) is 11.3. The molecule has 128 valence electrons. The van der Waals surface area contributed by atoms with Crippen LogP contribution in [0.3, 0.4) is 0 Å². The van der Waals surface area contributed by atoms with Crippen molar-refractivity contribution in [2.24, 2.45) is 0 Å². The Kier molecular flexibility index (Phi) is 4.65. The Labute approximate surface area is 146 Å². The molecule has 0 aliphatic rings. The molecule has 0 unspecified atom stereocenters. The van der Waals surface area contributed by atoms with E-state index in [1.165, 1.54) is 0 Å². The minimum atomic E-state index is -0.417. The van der Waals surface area contributed by atoms with Gasteiger partial charge in [0, 0.05) is 5.56 Å². The first-order chi connectivity index (χ1) is 11.9. The van der Waals surface area contributed by atoms with Crippen molar-refractivity contribution in [3.05, 3.63) is 71.6 Å². The highest BCUT2D eigenvalue weighted by Crippen LogP contribution is 2.22. The van der Waals surface area contributed by atoms with Crippen LogP contribution in [0.1, 0.15) is 42.6 Å². The van der Waals surface area contributed by atoms with Gasteiger partial charge in [-0.15, -0.1) is 10.2 Å². The van der Waals surface area contributed by atoms with E-state index in [4.69, 9.17) is 9.15 Å². The Bertz CT molecular complexity index is 847. The third-order valence-electron chi connectivity index (χ3n) is 3.80. The second-order valence-corrected chi connectivity index (χ2v) is 6.77. The lowest BCUT2D eigenvalue weighted by atomic mass is 9.87. The first kappa shape index (κ1) is 16.9. The van der Waals surface area contributed by atoms with Crippen molar-refractivity contribution in [1.82, 2.24) is 10.2 Å². The molecule has 3 rings (SSSR count). The number of esters is 1. The van der Waals surface area contributed by atoms with Crippen molar-refractivity contribution in [3.8, 4) is 11.5 Å². The van der Waals surface area contributed by atoms with Crippen LogP contribution in [0.2, 0.25) is 0 Å². The van der Waals surface area contributed by atoms with E-state index in [0.29, 0.717) is 11.5 Å². The largest absolute Gasteiger partial charge is 0.452 e. The summed E-state index contributed by atoms with van der Waals surface area (Å²) >= 11 is 0. The number of carbonyl (C=O) groups is 1. The van der Waals surface area contributed by atoms with Gasteiger partial charge in [0.05, 0.1) is 5.56 Å². The van der Waals surface area contributed by atoms with Crippen LogP contribution >= 0.6 is 0 Å². The Hall–Kier alpha value is -2.95. The van der Waals surface area contributed by atoms with E-state index in [1.54, 1.807) is 12.1 Å². The van der Waals surface area contributed by atoms with Gasteiger partial charge in [0.1, 0.15) is 0 Å². The Morgan fingerprint density at radius 1 is 1.00 bits per heavy atom. The summed E-state index contributed by atoms with van der Waals surface area (Å²) < 4.78 is 10.8. The summed E-state index contributed by atoms with van der Waals surface area (Å²) in [4.78, 5) is 12.1. The topological polar surface area (TPSA) is 65.2 Å². The summed E-state index contributed by atoms with van der Waals surface area (Å²) in [5.41, 5.74) is 2.52. The molecule has 5 nitrogen and oxygen atoms in total. The summed E-state index contributed by atoms with van der Waals surface area (Å²) in [6.45, 7) is 6.32. The molecule has 0 saturated heterocycles. The minimum absolute atomic E-state index is 0.0417. The molecule has 0 radical (unpaired) electrons. The zero-order valence-electron chi connectivity index (χ0n) is 14.5. The maximum absolute atomic E-state index is 12.1. The standard InChI is InChI=1S/C20H20N2O3/c1-20(2,3)16-11-9-15(10-12-16)19(23)24-13-17-21-22-18(25-17)14-7-5-4-6-8-14/h4-12H,13H2,1-3H3. The van der Waals surface area contributed by atoms with Gasteiger partial charge in [-0.05, 0) is 35.2 Å². The number of ether oxygens (including phenoxy) is 1. The Morgan fingerprint density at radius 3 is 2.32 bits per heavy atom. The van der Waals surface area contributed by atoms with E-state index in [2.05, 4.69) is 31.0 Å². The number of carbonyl (C=O) groups excluding carboxylic acids is 1. The molecule has 1 aromatic heterocycles. The molecule has 25 heavy (non-hydrogen) atoms. The highest BCUT2D eigenvalue weighted by molar-refractivity contribution is 5.89. The molecule has 0 aliphatic heterocycles. The smallest absolute Gasteiger partial charge is 0.338 e. The SMILES string of the molecule is CC(C)(C)c1ccc(C(=O)OCc2nnc(-c3ccccc3)o2)cc1. The molecule has 5 heteroatoms. The van der Waals surface area contributed by atoms with Crippen LogP contribution in [0, 0.1) is 0 Å².